The third kappa shape index (κ3) is 5.49. The lowest BCUT2D eigenvalue weighted by molar-refractivity contribution is 0.459. The lowest BCUT2D eigenvalue weighted by atomic mass is 9.86. The summed E-state index contributed by atoms with van der Waals surface area (Å²) in [6, 6.07) is 4.49. The van der Waals surface area contributed by atoms with Crippen LogP contribution in [0.15, 0.2) is 23.3 Å². The van der Waals surface area contributed by atoms with E-state index < -0.39 is 0 Å². The molecule has 0 radical (unpaired) electrons. The summed E-state index contributed by atoms with van der Waals surface area (Å²) in [6.45, 7) is 8.40. The molecule has 4 rings (SSSR count). The number of halogens is 1. The zero-order valence-electron chi connectivity index (χ0n) is 18.6. The van der Waals surface area contributed by atoms with E-state index >= 15 is 0 Å². The highest BCUT2D eigenvalue weighted by Crippen LogP contribution is 2.33. The van der Waals surface area contributed by atoms with Crippen molar-refractivity contribution in [2.24, 2.45) is 10.9 Å². The van der Waals surface area contributed by atoms with Gasteiger partial charge in [-0.3, -0.25) is 0 Å². The van der Waals surface area contributed by atoms with Crippen LogP contribution < -0.4 is 10.6 Å². The highest BCUT2D eigenvalue weighted by atomic mass is 35.5. The first-order valence-corrected chi connectivity index (χ1v) is 11.5. The summed E-state index contributed by atoms with van der Waals surface area (Å²) >= 11 is 6.30. The van der Waals surface area contributed by atoms with Gasteiger partial charge in [-0.05, 0) is 94.1 Å². The molecular weight excluding hydrogens is 408 g/mol. The summed E-state index contributed by atoms with van der Waals surface area (Å²) in [5, 5.41) is 15.3. The highest BCUT2D eigenvalue weighted by molar-refractivity contribution is 6.32. The number of piperidine rings is 1. The molecule has 0 bridgehead atoms. The van der Waals surface area contributed by atoms with Gasteiger partial charge in [0.1, 0.15) is 5.02 Å². The fourth-order valence-corrected chi connectivity index (χ4v) is 4.37. The molecular formula is C24H31ClN6. The first-order chi connectivity index (χ1) is 14.9. The van der Waals surface area contributed by atoms with Crippen molar-refractivity contribution in [3.05, 3.63) is 40.0 Å². The number of hydrogen-bond acceptors (Lipinski definition) is 6. The van der Waals surface area contributed by atoms with E-state index in [1.165, 1.54) is 29.5 Å². The van der Waals surface area contributed by atoms with Gasteiger partial charge in [-0.1, -0.05) is 17.7 Å². The van der Waals surface area contributed by atoms with Gasteiger partial charge in [0.2, 0.25) is 5.95 Å². The van der Waals surface area contributed by atoms with Crippen LogP contribution in [0.1, 0.15) is 61.6 Å². The maximum Gasteiger partial charge on any atom is 0.229 e. The van der Waals surface area contributed by atoms with E-state index in [4.69, 9.17) is 17.0 Å². The van der Waals surface area contributed by atoms with E-state index in [1.54, 1.807) is 6.20 Å². The van der Waals surface area contributed by atoms with Gasteiger partial charge < -0.3 is 16.0 Å². The Kier molecular flexibility index (Phi) is 6.68. The first-order valence-electron chi connectivity index (χ1n) is 11.1. The minimum absolute atomic E-state index is 0.414. The number of anilines is 2. The van der Waals surface area contributed by atoms with E-state index in [0.29, 0.717) is 35.0 Å². The van der Waals surface area contributed by atoms with Crippen LogP contribution in [0.4, 0.5) is 17.5 Å². The molecule has 0 spiro atoms. The Bertz CT molecular complexity index is 1010. The van der Waals surface area contributed by atoms with Crippen molar-refractivity contribution in [3.63, 3.8) is 0 Å². The number of nitrogens with one attached hydrogen (secondary N) is 3. The van der Waals surface area contributed by atoms with E-state index in [-0.39, 0.29) is 0 Å². The molecule has 1 aliphatic heterocycles. The minimum Gasteiger partial charge on any atom is -0.324 e. The normalized spacial score (nSPS) is 17.6. The standard InChI is InChI=1S/C24H31ClN6/c1-14-11-22(15(2)10-19(14)17-6-8-27-9-7-17)30-24-28-13-20(25)23(31-24)29-16(3)12-21(26)18-4-5-18/h10-11,13,17-18,26-27H,4-9,12H2,1-3H3,(H,28,30,31). The molecule has 0 atom stereocenters. The summed E-state index contributed by atoms with van der Waals surface area (Å²) < 4.78 is 0. The van der Waals surface area contributed by atoms with Gasteiger partial charge in [-0.15, -0.1) is 0 Å². The van der Waals surface area contributed by atoms with Crippen LogP contribution in [0.25, 0.3) is 0 Å². The Morgan fingerprint density at radius 1 is 1.19 bits per heavy atom. The molecule has 1 aromatic heterocycles. The number of benzene rings is 1. The second kappa shape index (κ2) is 9.45. The Morgan fingerprint density at radius 2 is 1.94 bits per heavy atom. The fraction of sp³-hybridized carbons (Fsp3) is 0.500. The number of aromatic nitrogens is 2. The van der Waals surface area contributed by atoms with Crippen molar-refractivity contribution < 1.29 is 0 Å². The van der Waals surface area contributed by atoms with Gasteiger partial charge >= 0.3 is 0 Å². The number of aryl methyl sites for hydroxylation is 2. The number of rotatable bonds is 7. The summed E-state index contributed by atoms with van der Waals surface area (Å²) in [7, 11) is 0. The lowest BCUT2D eigenvalue weighted by Crippen LogP contribution is -2.27. The third-order valence-electron chi connectivity index (χ3n) is 6.18. The van der Waals surface area contributed by atoms with Crippen molar-refractivity contribution in [1.82, 2.24) is 15.3 Å². The molecule has 1 aliphatic carbocycles. The van der Waals surface area contributed by atoms with Crippen molar-refractivity contribution in [2.45, 2.75) is 58.8 Å². The third-order valence-corrected chi connectivity index (χ3v) is 6.44. The fourth-order valence-electron chi connectivity index (χ4n) is 4.24. The maximum atomic E-state index is 8.12. The quantitative estimate of drug-likeness (QED) is 0.472. The van der Waals surface area contributed by atoms with Gasteiger partial charge in [0.25, 0.3) is 0 Å². The van der Waals surface area contributed by atoms with Gasteiger partial charge in [0.15, 0.2) is 5.82 Å². The van der Waals surface area contributed by atoms with Crippen LogP contribution in [-0.2, 0) is 0 Å². The number of aliphatic imine (C=N–C) groups is 1. The van der Waals surface area contributed by atoms with E-state index in [1.807, 2.05) is 6.92 Å². The van der Waals surface area contributed by atoms with Crippen molar-refractivity contribution >= 4 is 40.5 Å². The Balaban J connectivity index is 1.52. The van der Waals surface area contributed by atoms with Crippen LogP contribution in [0.3, 0.4) is 0 Å². The summed E-state index contributed by atoms with van der Waals surface area (Å²) in [5.74, 6) is 1.99. The number of nitrogens with zero attached hydrogens (tertiary/aromatic N) is 3. The summed E-state index contributed by atoms with van der Waals surface area (Å²) in [4.78, 5) is 13.5. The smallest absolute Gasteiger partial charge is 0.229 e. The largest absolute Gasteiger partial charge is 0.324 e. The van der Waals surface area contributed by atoms with Gasteiger partial charge in [-0.25, -0.2) is 9.98 Å². The molecule has 2 aromatic rings. The van der Waals surface area contributed by atoms with Crippen LogP contribution in [0.5, 0.6) is 0 Å². The zero-order chi connectivity index (χ0) is 22.0. The molecule has 1 saturated carbocycles. The summed E-state index contributed by atoms with van der Waals surface area (Å²) in [5.41, 5.74) is 6.52. The Morgan fingerprint density at radius 3 is 2.65 bits per heavy atom. The molecule has 2 aliphatic rings. The average Bonchev–Trinajstić information content (AvgIpc) is 3.59. The SMILES string of the molecule is CC(CC(=N)C1CC1)=Nc1nc(Nc2cc(C)c(C3CCNCC3)cc2C)ncc1Cl. The molecule has 0 unspecified atom stereocenters. The number of hydrogen-bond donors (Lipinski definition) is 3. The molecule has 1 saturated heterocycles. The van der Waals surface area contributed by atoms with E-state index in [0.717, 1.165) is 43.0 Å². The van der Waals surface area contributed by atoms with E-state index in [2.05, 4.69) is 51.6 Å². The van der Waals surface area contributed by atoms with Gasteiger partial charge in [0, 0.05) is 23.5 Å². The molecule has 6 nitrogen and oxygen atoms in total. The lowest BCUT2D eigenvalue weighted by Gasteiger charge is -2.25. The first kappa shape index (κ1) is 21.9. The van der Waals surface area contributed by atoms with Gasteiger partial charge in [0.05, 0.1) is 6.20 Å². The Labute approximate surface area is 189 Å². The average molecular weight is 439 g/mol. The van der Waals surface area contributed by atoms with E-state index in [9.17, 15) is 0 Å². The molecule has 164 valence electrons. The molecule has 0 amide bonds. The molecule has 1 aromatic carbocycles. The highest BCUT2D eigenvalue weighted by Gasteiger charge is 2.26. The van der Waals surface area contributed by atoms with Gasteiger partial charge in [-0.2, -0.15) is 4.98 Å². The molecule has 2 heterocycles. The minimum atomic E-state index is 0.414. The Hall–Kier alpha value is -2.31. The molecule has 3 N–H and O–H groups in total. The second-order valence-electron chi connectivity index (χ2n) is 8.86. The van der Waals surface area contributed by atoms with Crippen LogP contribution in [0, 0.1) is 25.2 Å². The maximum absolute atomic E-state index is 8.12. The predicted octanol–water partition coefficient (Wildman–Crippen LogP) is 5.87. The summed E-state index contributed by atoms with van der Waals surface area (Å²) in [6.07, 6.45) is 6.79. The molecule has 31 heavy (non-hydrogen) atoms. The van der Waals surface area contributed by atoms with Crippen molar-refractivity contribution in [1.29, 1.82) is 5.41 Å². The second-order valence-corrected chi connectivity index (χ2v) is 9.27. The zero-order valence-corrected chi connectivity index (χ0v) is 19.3. The molecule has 2 fully saturated rings. The monoisotopic (exact) mass is 438 g/mol. The van der Waals surface area contributed by atoms with Crippen LogP contribution in [0.2, 0.25) is 5.02 Å². The van der Waals surface area contributed by atoms with Crippen LogP contribution >= 0.6 is 11.6 Å². The predicted molar refractivity (Wildman–Crippen MR) is 129 cm³/mol. The molecule has 7 heteroatoms. The van der Waals surface area contributed by atoms with Crippen molar-refractivity contribution in [3.8, 4) is 0 Å². The van der Waals surface area contributed by atoms with Crippen LogP contribution in [-0.4, -0.2) is 34.5 Å². The topological polar surface area (TPSA) is 86.0 Å². The van der Waals surface area contributed by atoms with Crippen molar-refractivity contribution in [2.75, 3.05) is 18.4 Å².